The number of nitrogens with one attached hydrogen (secondary N) is 1. The number of carboxylic acids is 1. The lowest BCUT2D eigenvalue weighted by atomic mass is 9.88. The van der Waals surface area contributed by atoms with Gasteiger partial charge in [-0.2, -0.15) is 0 Å². The predicted octanol–water partition coefficient (Wildman–Crippen LogP) is 3.88. The van der Waals surface area contributed by atoms with E-state index in [-0.39, 0.29) is 18.1 Å². The lowest BCUT2D eigenvalue weighted by Crippen LogP contribution is -2.37. The highest BCUT2D eigenvalue weighted by molar-refractivity contribution is 5.93. The number of carbonyl (C=O) groups is 1. The van der Waals surface area contributed by atoms with Crippen LogP contribution in [0.25, 0.3) is 10.9 Å². The third-order valence-electron chi connectivity index (χ3n) is 4.61. The van der Waals surface area contributed by atoms with Crippen molar-refractivity contribution in [3.8, 4) is 0 Å². The monoisotopic (exact) mass is 322 g/mol. The van der Waals surface area contributed by atoms with E-state index < -0.39 is 5.97 Å². The lowest BCUT2D eigenvalue weighted by Gasteiger charge is -2.34. The second-order valence-electron chi connectivity index (χ2n) is 6.24. The summed E-state index contributed by atoms with van der Waals surface area (Å²) in [5.74, 6) is -0.314. The lowest BCUT2D eigenvalue weighted by molar-refractivity contribution is 0.0691. The SMILES string of the molecule is CC(C)N1CCC(c2ccc3[nH]c(C(=O)O)cc3c2)CC1.Cl. The van der Waals surface area contributed by atoms with Crippen LogP contribution in [0.1, 0.15) is 48.7 Å². The number of likely N-dealkylation sites (tertiary alicyclic amines) is 1. The molecule has 1 aliphatic rings. The molecule has 120 valence electrons. The summed E-state index contributed by atoms with van der Waals surface area (Å²) in [6.45, 7) is 6.79. The maximum atomic E-state index is 11.0. The van der Waals surface area contributed by atoms with Gasteiger partial charge in [0.25, 0.3) is 0 Å². The molecule has 0 bridgehead atoms. The number of aromatic carboxylic acids is 1. The molecule has 0 atom stereocenters. The van der Waals surface area contributed by atoms with Crippen LogP contribution in [0.15, 0.2) is 24.3 Å². The normalized spacial score (nSPS) is 16.9. The molecular formula is C17H23ClN2O2. The average Bonchev–Trinajstić information content (AvgIpc) is 2.90. The fourth-order valence-corrected chi connectivity index (χ4v) is 3.27. The van der Waals surface area contributed by atoms with Gasteiger partial charge in [-0.15, -0.1) is 12.4 Å². The summed E-state index contributed by atoms with van der Waals surface area (Å²) in [7, 11) is 0. The van der Waals surface area contributed by atoms with Gasteiger partial charge in [0, 0.05) is 16.9 Å². The first-order valence-corrected chi connectivity index (χ1v) is 7.64. The van der Waals surface area contributed by atoms with Gasteiger partial charge in [-0.25, -0.2) is 4.79 Å². The number of carboxylic acid groups (broad SMARTS) is 1. The van der Waals surface area contributed by atoms with E-state index in [9.17, 15) is 4.79 Å². The maximum absolute atomic E-state index is 11.0. The molecule has 0 unspecified atom stereocenters. The highest BCUT2D eigenvalue weighted by Gasteiger charge is 2.22. The Labute approximate surface area is 136 Å². The Morgan fingerprint density at radius 3 is 2.55 bits per heavy atom. The zero-order chi connectivity index (χ0) is 15.0. The van der Waals surface area contributed by atoms with Crippen molar-refractivity contribution in [1.82, 2.24) is 9.88 Å². The van der Waals surface area contributed by atoms with Crippen molar-refractivity contribution in [2.45, 2.75) is 38.6 Å². The first-order chi connectivity index (χ1) is 10.0. The Balaban J connectivity index is 0.00000176. The van der Waals surface area contributed by atoms with Crippen molar-refractivity contribution in [3.63, 3.8) is 0 Å². The topological polar surface area (TPSA) is 56.3 Å². The van der Waals surface area contributed by atoms with Gasteiger partial charge in [0.1, 0.15) is 5.69 Å². The predicted molar refractivity (Wildman–Crippen MR) is 91.2 cm³/mol. The second-order valence-corrected chi connectivity index (χ2v) is 6.24. The molecule has 3 rings (SSSR count). The van der Waals surface area contributed by atoms with Crippen LogP contribution in [0.4, 0.5) is 0 Å². The molecule has 0 saturated carbocycles. The van der Waals surface area contributed by atoms with E-state index in [1.165, 1.54) is 18.4 Å². The van der Waals surface area contributed by atoms with Gasteiger partial charge >= 0.3 is 5.97 Å². The summed E-state index contributed by atoms with van der Waals surface area (Å²) in [6.07, 6.45) is 2.36. The first kappa shape index (κ1) is 16.8. The molecule has 1 fully saturated rings. The molecule has 0 amide bonds. The summed E-state index contributed by atoms with van der Waals surface area (Å²) in [5, 5.41) is 10.0. The van der Waals surface area contributed by atoms with Crippen LogP contribution >= 0.6 is 12.4 Å². The van der Waals surface area contributed by atoms with Gasteiger partial charge < -0.3 is 15.0 Å². The molecule has 2 aromatic rings. The fraction of sp³-hybridized carbons (Fsp3) is 0.471. The summed E-state index contributed by atoms with van der Waals surface area (Å²) >= 11 is 0. The molecule has 0 radical (unpaired) electrons. The van der Waals surface area contributed by atoms with Gasteiger partial charge in [0.05, 0.1) is 0 Å². The van der Waals surface area contributed by atoms with E-state index in [4.69, 9.17) is 5.11 Å². The van der Waals surface area contributed by atoms with E-state index in [1.54, 1.807) is 6.07 Å². The van der Waals surface area contributed by atoms with Crippen molar-refractivity contribution in [3.05, 3.63) is 35.5 Å². The molecule has 2 heterocycles. The van der Waals surface area contributed by atoms with Gasteiger partial charge in [-0.05, 0) is 69.5 Å². The molecule has 22 heavy (non-hydrogen) atoms. The van der Waals surface area contributed by atoms with Crippen LogP contribution in [0.5, 0.6) is 0 Å². The average molecular weight is 323 g/mol. The van der Waals surface area contributed by atoms with Crippen molar-refractivity contribution in [2.24, 2.45) is 0 Å². The van der Waals surface area contributed by atoms with Crippen LogP contribution in [-0.4, -0.2) is 40.1 Å². The van der Waals surface area contributed by atoms with Crippen molar-refractivity contribution in [1.29, 1.82) is 0 Å². The van der Waals surface area contributed by atoms with E-state index >= 15 is 0 Å². The molecule has 0 spiro atoms. The van der Waals surface area contributed by atoms with Crippen LogP contribution < -0.4 is 0 Å². The Morgan fingerprint density at radius 1 is 1.27 bits per heavy atom. The van der Waals surface area contributed by atoms with Gasteiger partial charge in [-0.1, -0.05) is 6.07 Å². The molecule has 5 heteroatoms. The summed E-state index contributed by atoms with van der Waals surface area (Å²) in [6, 6.07) is 8.64. The maximum Gasteiger partial charge on any atom is 0.352 e. The number of piperidine rings is 1. The minimum atomic E-state index is -0.905. The fourth-order valence-electron chi connectivity index (χ4n) is 3.27. The highest BCUT2D eigenvalue weighted by Crippen LogP contribution is 2.31. The molecule has 1 aromatic heterocycles. The zero-order valence-corrected chi connectivity index (χ0v) is 13.8. The van der Waals surface area contributed by atoms with E-state index in [0.29, 0.717) is 12.0 Å². The molecular weight excluding hydrogens is 300 g/mol. The number of H-pyrrole nitrogens is 1. The van der Waals surface area contributed by atoms with Gasteiger partial charge in [-0.3, -0.25) is 0 Å². The molecule has 1 saturated heterocycles. The molecule has 2 N–H and O–H groups in total. The number of hydrogen-bond donors (Lipinski definition) is 2. The Kier molecular flexibility index (Phi) is 5.14. The number of fused-ring (bicyclic) bond motifs is 1. The Bertz CT molecular complexity index is 658. The quantitative estimate of drug-likeness (QED) is 0.901. The van der Waals surface area contributed by atoms with Crippen LogP contribution in [-0.2, 0) is 0 Å². The molecule has 0 aliphatic carbocycles. The van der Waals surface area contributed by atoms with Crippen molar-refractivity contribution < 1.29 is 9.90 Å². The van der Waals surface area contributed by atoms with E-state index in [0.717, 1.165) is 24.0 Å². The number of hydrogen-bond acceptors (Lipinski definition) is 2. The Hall–Kier alpha value is -1.52. The summed E-state index contributed by atoms with van der Waals surface area (Å²) < 4.78 is 0. The summed E-state index contributed by atoms with van der Waals surface area (Å²) in [4.78, 5) is 16.5. The number of rotatable bonds is 3. The number of nitrogens with zero attached hydrogens (tertiary/aromatic N) is 1. The minimum absolute atomic E-state index is 0. The number of benzene rings is 1. The van der Waals surface area contributed by atoms with Crippen LogP contribution in [0, 0.1) is 0 Å². The smallest absolute Gasteiger partial charge is 0.352 e. The van der Waals surface area contributed by atoms with Crippen LogP contribution in [0.3, 0.4) is 0 Å². The van der Waals surface area contributed by atoms with E-state index in [1.807, 2.05) is 6.07 Å². The zero-order valence-electron chi connectivity index (χ0n) is 13.0. The van der Waals surface area contributed by atoms with Crippen molar-refractivity contribution in [2.75, 3.05) is 13.1 Å². The number of halogens is 1. The third kappa shape index (κ3) is 3.28. The third-order valence-corrected chi connectivity index (χ3v) is 4.61. The molecule has 1 aliphatic heterocycles. The molecule has 1 aromatic carbocycles. The van der Waals surface area contributed by atoms with Gasteiger partial charge in [0.2, 0.25) is 0 Å². The largest absolute Gasteiger partial charge is 0.477 e. The number of aromatic amines is 1. The minimum Gasteiger partial charge on any atom is -0.477 e. The Morgan fingerprint density at radius 2 is 1.95 bits per heavy atom. The highest BCUT2D eigenvalue weighted by atomic mass is 35.5. The molecule has 4 nitrogen and oxygen atoms in total. The second kappa shape index (κ2) is 6.71. The van der Waals surface area contributed by atoms with Crippen molar-refractivity contribution >= 4 is 29.3 Å². The standard InChI is InChI=1S/C17H22N2O2.ClH/c1-11(2)19-7-5-12(6-8-19)13-3-4-15-14(9-13)10-16(18-15)17(20)21;/h3-4,9-12,18H,5-8H2,1-2H3,(H,20,21);1H. The summed E-state index contributed by atoms with van der Waals surface area (Å²) in [5.41, 5.74) is 2.49. The number of aromatic nitrogens is 1. The van der Waals surface area contributed by atoms with E-state index in [2.05, 4.69) is 35.9 Å². The first-order valence-electron chi connectivity index (χ1n) is 7.64. The van der Waals surface area contributed by atoms with Gasteiger partial charge in [0.15, 0.2) is 0 Å². The van der Waals surface area contributed by atoms with Crippen LogP contribution in [0.2, 0.25) is 0 Å².